The lowest BCUT2D eigenvalue weighted by Crippen LogP contribution is -1.79. The van der Waals surface area contributed by atoms with Crippen LogP contribution in [-0.4, -0.2) is 10.2 Å². The summed E-state index contributed by atoms with van der Waals surface area (Å²) in [7, 11) is 0. The second-order valence-electron chi connectivity index (χ2n) is 4.26. The van der Waals surface area contributed by atoms with Crippen LogP contribution < -0.4 is 0 Å². The topological polar surface area (TPSA) is 38.9 Å². The molecular weight excluding hydrogens is 260 g/mol. The van der Waals surface area contributed by atoms with Crippen LogP contribution in [-0.2, 0) is 0 Å². The first-order valence-corrected chi connectivity index (χ1v) is 6.27. The molecule has 3 aromatic rings. The van der Waals surface area contributed by atoms with Crippen molar-refractivity contribution >= 4 is 11.6 Å². The van der Waals surface area contributed by atoms with E-state index in [4.69, 9.17) is 16.0 Å². The van der Waals surface area contributed by atoms with Gasteiger partial charge < -0.3 is 4.42 Å². The van der Waals surface area contributed by atoms with E-state index in [1.165, 1.54) is 0 Å². The third-order valence-corrected chi connectivity index (χ3v) is 3.12. The molecule has 19 heavy (non-hydrogen) atoms. The molecule has 0 saturated carbocycles. The second kappa shape index (κ2) is 4.86. The Morgan fingerprint density at radius 2 is 1.74 bits per heavy atom. The van der Waals surface area contributed by atoms with E-state index in [2.05, 4.69) is 10.2 Å². The van der Waals surface area contributed by atoms with Crippen LogP contribution in [0.4, 0.5) is 0 Å². The van der Waals surface area contributed by atoms with Gasteiger partial charge in [-0.3, -0.25) is 0 Å². The predicted molar refractivity (Wildman–Crippen MR) is 74.9 cm³/mol. The standard InChI is InChI=1S/C15H11ClN2O/c1-10-5-4-6-11(9-10)14-17-18-15(19-14)12-7-2-3-8-13(12)16/h2-9H,1H3. The molecule has 0 bridgehead atoms. The minimum atomic E-state index is 0.433. The summed E-state index contributed by atoms with van der Waals surface area (Å²) < 4.78 is 5.68. The SMILES string of the molecule is Cc1cccc(-c2nnc(-c3ccccc3Cl)o2)c1. The first kappa shape index (κ1) is 11.9. The van der Waals surface area contributed by atoms with E-state index in [0.717, 1.165) is 16.7 Å². The van der Waals surface area contributed by atoms with Crippen molar-refractivity contribution in [2.24, 2.45) is 0 Å². The molecule has 2 aromatic carbocycles. The first-order chi connectivity index (χ1) is 9.24. The molecule has 3 rings (SSSR count). The molecule has 94 valence electrons. The number of hydrogen-bond acceptors (Lipinski definition) is 3. The summed E-state index contributed by atoms with van der Waals surface area (Å²) in [5, 5.41) is 8.72. The molecule has 0 N–H and O–H groups in total. The van der Waals surface area contributed by atoms with Crippen LogP contribution >= 0.6 is 11.6 Å². The molecule has 0 spiro atoms. The van der Waals surface area contributed by atoms with E-state index < -0.39 is 0 Å². The lowest BCUT2D eigenvalue weighted by Gasteiger charge is -1.98. The van der Waals surface area contributed by atoms with Gasteiger partial charge in [0.05, 0.1) is 10.6 Å². The maximum absolute atomic E-state index is 6.11. The van der Waals surface area contributed by atoms with E-state index in [1.807, 2.05) is 49.4 Å². The van der Waals surface area contributed by atoms with Gasteiger partial charge in [0.15, 0.2) is 0 Å². The highest BCUT2D eigenvalue weighted by Crippen LogP contribution is 2.29. The van der Waals surface area contributed by atoms with Gasteiger partial charge in [0.1, 0.15) is 0 Å². The lowest BCUT2D eigenvalue weighted by atomic mass is 10.1. The fraction of sp³-hybridized carbons (Fsp3) is 0.0667. The summed E-state index contributed by atoms with van der Waals surface area (Å²) in [5.41, 5.74) is 2.80. The predicted octanol–water partition coefficient (Wildman–Crippen LogP) is 4.37. The van der Waals surface area contributed by atoms with Gasteiger partial charge in [-0.2, -0.15) is 0 Å². The largest absolute Gasteiger partial charge is 0.416 e. The number of hydrogen-bond donors (Lipinski definition) is 0. The van der Waals surface area contributed by atoms with Crippen molar-refractivity contribution in [1.29, 1.82) is 0 Å². The Bertz CT molecular complexity index is 721. The van der Waals surface area contributed by atoms with Crippen molar-refractivity contribution in [3.63, 3.8) is 0 Å². The van der Waals surface area contributed by atoms with E-state index in [-0.39, 0.29) is 0 Å². The summed E-state index contributed by atoms with van der Waals surface area (Å²) >= 11 is 6.11. The lowest BCUT2D eigenvalue weighted by molar-refractivity contribution is 0.584. The Balaban J connectivity index is 2.03. The molecule has 0 radical (unpaired) electrons. The second-order valence-corrected chi connectivity index (χ2v) is 4.67. The van der Waals surface area contributed by atoms with Gasteiger partial charge >= 0.3 is 0 Å². The van der Waals surface area contributed by atoms with Crippen molar-refractivity contribution in [2.75, 3.05) is 0 Å². The highest BCUT2D eigenvalue weighted by atomic mass is 35.5. The Morgan fingerprint density at radius 3 is 2.53 bits per heavy atom. The van der Waals surface area contributed by atoms with Crippen molar-refractivity contribution < 1.29 is 4.42 Å². The van der Waals surface area contributed by atoms with Gasteiger partial charge in [-0.25, -0.2) is 0 Å². The zero-order chi connectivity index (χ0) is 13.2. The summed E-state index contributed by atoms with van der Waals surface area (Å²) in [5.74, 6) is 0.931. The van der Waals surface area contributed by atoms with Gasteiger partial charge in [-0.05, 0) is 31.2 Å². The van der Waals surface area contributed by atoms with Gasteiger partial charge in [0, 0.05) is 5.56 Å². The number of halogens is 1. The van der Waals surface area contributed by atoms with Crippen LogP contribution in [0, 0.1) is 6.92 Å². The molecule has 0 aliphatic rings. The summed E-state index contributed by atoms with van der Waals surface area (Å²) in [4.78, 5) is 0. The minimum absolute atomic E-state index is 0.433. The van der Waals surface area contributed by atoms with Crippen molar-refractivity contribution in [3.8, 4) is 22.9 Å². The third kappa shape index (κ3) is 2.37. The summed E-state index contributed by atoms with van der Waals surface area (Å²) in [6, 6.07) is 15.3. The van der Waals surface area contributed by atoms with Crippen molar-refractivity contribution in [1.82, 2.24) is 10.2 Å². The van der Waals surface area contributed by atoms with Crippen LogP contribution in [0.1, 0.15) is 5.56 Å². The first-order valence-electron chi connectivity index (χ1n) is 5.89. The highest BCUT2D eigenvalue weighted by molar-refractivity contribution is 6.33. The molecule has 0 amide bonds. The monoisotopic (exact) mass is 270 g/mol. The number of aromatic nitrogens is 2. The zero-order valence-corrected chi connectivity index (χ0v) is 11.1. The van der Waals surface area contributed by atoms with Gasteiger partial charge in [0.25, 0.3) is 0 Å². The molecule has 0 atom stereocenters. The van der Waals surface area contributed by atoms with E-state index in [9.17, 15) is 0 Å². The molecule has 1 heterocycles. The van der Waals surface area contributed by atoms with E-state index in [0.29, 0.717) is 16.8 Å². The molecule has 0 unspecified atom stereocenters. The maximum Gasteiger partial charge on any atom is 0.249 e. The molecule has 0 saturated heterocycles. The summed E-state index contributed by atoms with van der Waals surface area (Å²) in [6.45, 7) is 2.02. The fourth-order valence-corrected chi connectivity index (χ4v) is 2.08. The van der Waals surface area contributed by atoms with Crippen molar-refractivity contribution in [2.45, 2.75) is 6.92 Å². The van der Waals surface area contributed by atoms with Gasteiger partial charge in [-0.1, -0.05) is 41.4 Å². The molecule has 0 fully saturated rings. The molecule has 4 heteroatoms. The Labute approximate surface area is 115 Å². The minimum Gasteiger partial charge on any atom is -0.416 e. The van der Waals surface area contributed by atoms with E-state index in [1.54, 1.807) is 6.07 Å². The quantitative estimate of drug-likeness (QED) is 0.694. The maximum atomic E-state index is 6.11. The number of aryl methyl sites for hydroxylation is 1. The number of rotatable bonds is 2. The average Bonchev–Trinajstić information content (AvgIpc) is 2.89. The van der Waals surface area contributed by atoms with E-state index >= 15 is 0 Å². The Morgan fingerprint density at radius 1 is 0.947 bits per heavy atom. The normalized spacial score (nSPS) is 10.6. The Kier molecular flexibility index (Phi) is 3.05. The van der Waals surface area contributed by atoms with Crippen molar-refractivity contribution in [3.05, 3.63) is 59.1 Å². The number of benzene rings is 2. The Hall–Kier alpha value is -2.13. The van der Waals surface area contributed by atoms with Crippen LogP contribution in [0.3, 0.4) is 0 Å². The molecular formula is C15H11ClN2O. The molecule has 1 aromatic heterocycles. The molecule has 0 aliphatic heterocycles. The van der Waals surface area contributed by atoms with Crippen LogP contribution in [0.5, 0.6) is 0 Å². The van der Waals surface area contributed by atoms with Crippen LogP contribution in [0.25, 0.3) is 22.9 Å². The molecule has 3 nitrogen and oxygen atoms in total. The van der Waals surface area contributed by atoms with Gasteiger partial charge in [-0.15, -0.1) is 10.2 Å². The third-order valence-electron chi connectivity index (χ3n) is 2.79. The highest BCUT2D eigenvalue weighted by Gasteiger charge is 2.12. The van der Waals surface area contributed by atoms with Crippen LogP contribution in [0.15, 0.2) is 52.9 Å². The van der Waals surface area contributed by atoms with Gasteiger partial charge in [0.2, 0.25) is 11.8 Å². The smallest absolute Gasteiger partial charge is 0.249 e. The summed E-state index contributed by atoms with van der Waals surface area (Å²) in [6.07, 6.45) is 0. The average molecular weight is 271 g/mol. The van der Waals surface area contributed by atoms with Crippen LogP contribution in [0.2, 0.25) is 5.02 Å². The molecule has 0 aliphatic carbocycles. The zero-order valence-electron chi connectivity index (χ0n) is 10.3. The number of nitrogens with zero attached hydrogens (tertiary/aromatic N) is 2. The fourth-order valence-electron chi connectivity index (χ4n) is 1.86.